The normalized spacial score (nSPS) is 15.6. The minimum absolute atomic E-state index is 0.326. The van der Waals surface area contributed by atoms with Crippen LogP contribution in [-0.4, -0.2) is 62.1 Å². The Balaban J connectivity index is 1.19. The van der Waals surface area contributed by atoms with Gasteiger partial charge < -0.3 is 15.1 Å². The molecule has 0 unspecified atom stereocenters. The van der Waals surface area contributed by atoms with E-state index < -0.39 is 0 Å². The Labute approximate surface area is 181 Å². The van der Waals surface area contributed by atoms with E-state index in [0.29, 0.717) is 17.5 Å². The zero-order chi connectivity index (χ0) is 21.0. The highest BCUT2D eigenvalue weighted by Crippen LogP contribution is 2.21. The molecule has 1 aliphatic heterocycles. The average Bonchev–Trinajstić information content (AvgIpc) is 3.48. The maximum absolute atomic E-state index is 6.03. The largest absolute Gasteiger partial charge is 0.461 e. The smallest absolute Gasteiger partial charge is 0.223 e. The third-order valence-electron chi connectivity index (χ3n) is 5.85. The maximum Gasteiger partial charge on any atom is 0.223 e. The van der Waals surface area contributed by atoms with E-state index in [1.54, 1.807) is 10.8 Å². The number of hydrogen-bond acceptors (Lipinski definition) is 7. The molecular formula is C23H27N7O. The van der Waals surface area contributed by atoms with Gasteiger partial charge in [-0.2, -0.15) is 4.52 Å². The van der Waals surface area contributed by atoms with Gasteiger partial charge in [-0.3, -0.25) is 4.90 Å². The first kappa shape index (κ1) is 19.7. The van der Waals surface area contributed by atoms with Crippen molar-refractivity contribution in [3.63, 3.8) is 0 Å². The topological polar surface area (TPSA) is 88.7 Å². The van der Waals surface area contributed by atoms with Gasteiger partial charge in [0.25, 0.3) is 0 Å². The van der Waals surface area contributed by atoms with E-state index in [0.717, 1.165) is 56.9 Å². The fraction of sp³-hybridized carbons (Fsp3) is 0.348. The van der Waals surface area contributed by atoms with Crippen LogP contribution >= 0.6 is 0 Å². The van der Waals surface area contributed by atoms with Crippen LogP contribution in [0.4, 0.5) is 5.95 Å². The molecule has 0 bridgehead atoms. The summed E-state index contributed by atoms with van der Waals surface area (Å²) in [7, 11) is 0. The first-order valence-electron chi connectivity index (χ1n) is 10.8. The summed E-state index contributed by atoms with van der Waals surface area (Å²) in [6.45, 7) is 6.15. The Bertz CT molecular complexity index is 1120. The molecule has 160 valence electrons. The van der Waals surface area contributed by atoms with Crippen molar-refractivity contribution in [1.29, 1.82) is 0 Å². The molecular weight excluding hydrogens is 390 g/mol. The number of hydrogen-bond donors (Lipinski definition) is 1. The van der Waals surface area contributed by atoms with Gasteiger partial charge in [0.05, 0.1) is 6.26 Å². The Morgan fingerprint density at radius 1 is 0.968 bits per heavy atom. The Hall–Kier alpha value is -3.23. The summed E-state index contributed by atoms with van der Waals surface area (Å²) in [6, 6.07) is 14.4. The Morgan fingerprint density at radius 2 is 1.77 bits per heavy atom. The maximum atomic E-state index is 6.03. The molecule has 1 aliphatic rings. The number of nitrogens with two attached hydrogens (primary N) is 1. The van der Waals surface area contributed by atoms with Gasteiger partial charge in [0.2, 0.25) is 11.8 Å². The van der Waals surface area contributed by atoms with Gasteiger partial charge in [0, 0.05) is 44.5 Å². The van der Waals surface area contributed by atoms with E-state index in [-0.39, 0.29) is 0 Å². The van der Waals surface area contributed by atoms with E-state index in [9.17, 15) is 0 Å². The highest BCUT2D eigenvalue weighted by atomic mass is 16.3. The molecule has 5 rings (SSSR count). The van der Waals surface area contributed by atoms with Crippen molar-refractivity contribution >= 4 is 11.6 Å². The molecule has 4 heterocycles. The summed E-state index contributed by atoms with van der Waals surface area (Å²) in [5.74, 6) is 1.47. The number of anilines is 1. The second-order valence-electron chi connectivity index (χ2n) is 8.00. The van der Waals surface area contributed by atoms with Gasteiger partial charge in [-0.05, 0) is 37.1 Å². The number of rotatable bonds is 7. The van der Waals surface area contributed by atoms with Crippen LogP contribution < -0.4 is 5.73 Å². The van der Waals surface area contributed by atoms with Gasteiger partial charge in [-0.1, -0.05) is 30.3 Å². The summed E-state index contributed by atoms with van der Waals surface area (Å²) < 4.78 is 7.04. The number of fused-ring (bicyclic) bond motifs is 1. The average molecular weight is 418 g/mol. The molecule has 0 saturated carbocycles. The lowest BCUT2D eigenvalue weighted by atomic mass is 10.1. The van der Waals surface area contributed by atoms with Crippen LogP contribution in [0.1, 0.15) is 17.5 Å². The first-order valence-corrected chi connectivity index (χ1v) is 10.8. The van der Waals surface area contributed by atoms with E-state index >= 15 is 0 Å². The Kier molecular flexibility index (Phi) is 5.64. The van der Waals surface area contributed by atoms with Crippen LogP contribution in [0.5, 0.6) is 0 Å². The standard InChI is InChI=1S/C23H27N7O/c24-23-25-16-19(22-26-21(27-30(22)23)20-9-5-15-31-20)17-29-13-11-28(12-14-29)10-4-8-18-6-2-1-3-7-18/h1-3,5-7,9,15-16H,4,8,10-14,17H2,(H2,24,25). The highest BCUT2D eigenvalue weighted by molar-refractivity contribution is 5.57. The quantitative estimate of drug-likeness (QED) is 0.495. The lowest BCUT2D eigenvalue weighted by molar-refractivity contribution is 0.126. The molecule has 31 heavy (non-hydrogen) atoms. The van der Waals surface area contributed by atoms with Crippen LogP contribution in [0.3, 0.4) is 0 Å². The van der Waals surface area contributed by atoms with Gasteiger partial charge in [-0.15, -0.1) is 5.10 Å². The third kappa shape index (κ3) is 4.45. The molecule has 0 aliphatic carbocycles. The number of nitrogens with zero attached hydrogens (tertiary/aromatic N) is 6. The number of piperazine rings is 1. The molecule has 0 spiro atoms. The molecule has 1 aromatic carbocycles. The molecule has 0 radical (unpaired) electrons. The lowest BCUT2D eigenvalue weighted by Crippen LogP contribution is -2.46. The predicted molar refractivity (Wildman–Crippen MR) is 119 cm³/mol. The minimum atomic E-state index is 0.326. The van der Waals surface area contributed by atoms with Gasteiger partial charge in [0.15, 0.2) is 11.4 Å². The molecule has 8 nitrogen and oxygen atoms in total. The van der Waals surface area contributed by atoms with Gasteiger partial charge in [0.1, 0.15) is 0 Å². The fourth-order valence-electron chi connectivity index (χ4n) is 4.12. The number of benzene rings is 1. The summed E-state index contributed by atoms with van der Waals surface area (Å²) in [5.41, 5.74) is 9.21. The third-order valence-corrected chi connectivity index (χ3v) is 5.85. The molecule has 1 saturated heterocycles. The summed E-state index contributed by atoms with van der Waals surface area (Å²) in [4.78, 5) is 14.0. The van der Waals surface area contributed by atoms with Crippen LogP contribution in [0.15, 0.2) is 59.3 Å². The highest BCUT2D eigenvalue weighted by Gasteiger charge is 2.20. The van der Waals surface area contributed by atoms with Gasteiger partial charge >= 0.3 is 0 Å². The predicted octanol–water partition coefficient (Wildman–Crippen LogP) is 2.72. The van der Waals surface area contributed by atoms with E-state index in [1.807, 2.05) is 18.3 Å². The Morgan fingerprint density at radius 3 is 2.55 bits per heavy atom. The van der Waals surface area contributed by atoms with Crippen molar-refractivity contribution in [2.75, 3.05) is 38.5 Å². The molecule has 0 atom stereocenters. The second-order valence-corrected chi connectivity index (χ2v) is 8.00. The summed E-state index contributed by atoms with van der Waals surface area (Å²) in [5, 5.41) is 4.48. The van der Waals surface area contributed by atoms with Crippen molar-refractivity contribution in [2.24, 2.45) is 0 Å². The molecule has 4 aromatic rings. The van der Waals surface area contributed by atoms with Crippen LogP contribution in [0, 0.1) is 0 Å². The molecule has 8 heteroatoms. The van der Waals surface area contributed by atoms with Crippen LogP contribution in [0.25, 0.3) is 17.2 Å². The first-order chi connectivity index (χ1) is 15.3. The second kappa shape index (κ2) is 8.87. The van der Waals surface area contributed by atoms with Crippen LogP contribution in [-0.2, 0) is 13.0 Å². The molecule has 1 fully saturated rings. The zero-order valence-electron chi connectivity index (χ0n) is 17.5. The van der Waals surface area contributed by atoms with Gasteiger partial charge in [-0.25, -0.2) is 9.97 Å². The number of aromatic nitrogens is 4. The SMILES string of the molecule is Nc1ncc(CN2CCN(CCCc3ccccc3)CC2)c2nc(-c3ccco3)nn12. The van der Waals surface area contributed by atoms with E-state index in [1.165, 1.54) is 12.0 Å². The van der Waals surface area contributed by atoms with Crippen molar-refractivity contribution in [3.8, 4) is 11.6 Å². The summed E-state index contributed by atoms with van der Waals surface area (Å²) >= 11 is 0. The monoisotopic (exact) mass is 417 g/mol. The van der Waals surface area contributed by atoms with Crippen LogP contribution in [0.2, 0.25) is 0 Å². The van der Waals surface area contributed by atoms with Crippen molar-refractivity contribution in [1.82, 2.24) is 29.4 Å². The molecule has 2 N–H and O–H groups in total. The fourth-order valence-corrected chi connectivity index (χ4v) is 4.12. The summed E-state index contributed by atoms with van der Waals surface area (Å²) in [6.07, 6.45) is 5.77. The van der Waals surface area contributed by atoms with Crippen molar-refractivity contribution in [2.45, 2.75) is 19.4 Å². The van der Waals surface area contributed by atoms with Crippen molar-refractivity contribution < 1.29 is 4.42 Å². The van der Waals surface area contributed by atoms with E-state index in [2.05, 4.69) is 55.2 Å². The number of aryl methyl sites for hydroxylation is 1. The minimum Gasteiger partial charge on any atom is -0.461 e. The zero-order valence-corrected chi connectivity index (χ0v) is 17.5. The van der Waals surface area contributed by atoms with Crippen molar-refractivity contribution in [3.05, 3.63) is 66.1 Å². The van der Waals surface area contributed by atoms with E-state index in [4.69, 9.17) is 10.2 Å². The number of furan rings is 1. The molecule has 0 amide bonds. The molecule has 3 aromatic heterocycles. The number of nitrogen functional groups attached to an aromatic ring is 1. The lowest BCUT2D eigenvalue weighted by Gasteiger charge is -2.34.